The number of non-ortho nitro benzene ring substituents is 1. The van der Waals surface area contributed by atoms with Crippen LogP contribution in [0.4, 0.5) is 17.1 Å². The number of nitro groups is 1. The van der Waals surface area contributed by atoms with Crippen molar-refractivity contribution in [3.8, 4) is 11.5 Å². The second kappa shape index (κ2) is 12.8. The number of thioether (sulfide) groups is 1. The summed E-state index contributed by atoms with van der Waals surface area (Å²) in [5.41, 5.74) is 2.60. The molecule has 1 unspecified atom stereocenters. The summed E-state index contributed by atoms with van der Waals surface area (Å²) >= 11 is 1.31. The summed E-state index contributed by atoms with van der Waals surface area (Å²) in [4.78, 5) is 38.0. The number of carbonyl (C=O) groups excluding carboxylic acids is 2. The number of methoxy groups -OCH3 is 2. The first-order chi connectivity index (χ1) is 19.3. The Kier molecular flexibility index (Phi) is 9.03. The predicted octanol–water partition coefficient (Wildman–Crippen LogP) is 6.64. The van der Waals surface area contributed by atoms with E-state index in [0.29, 0.717) is 28.4 Å². The van der Waals surface area contributed by atoms with Gasteiger partial charge in [0.2, 0.25) is 5.91 Å². The highest BCUT2D eigenvalue weighted by molar-refractivity contribution is 8.00. The molecule has 0 aliphatic rings. The minimum Gasteiger partial charge on any atom is -0.496 e. The maximum absolute atomic E-state index is 13.5. The quantitative estimate of drug-likeness (QED) is 0.127. The maximum atomic E-state index is 13.5. The molecule has 0 aromatic heterocycles. The van der Waals surface area contributed by atoms with Crippen LogP contribution in [0.3, 0.4) is 0 Å². The molecule has 204 valence electrons. The summed E-state index contributed by atoms with van der Waals surface area (Å²) in [5, 5.41) is 16.2. The molecule has 10 heteroatoms. The molecule has 40 heavy (non-hydrogen) atoms. The van der Waals surface area contributed by atoms with Gasteiger partial charge < -0.3 is 20.1 Å². The molecule has 4 rings (SSSR count). The van der Waals surface area contributed by atoms with Gasteiger partial charge in [0.25, 0.3) is 11.6 Å². The van der Waals surface area contributed by atoms with Crippen molar-refractivity contribution in [2.75, 3.05) is 24.9 Å². The number of nitro benzene ring substituents is 1. The third kappa shape index (κ3) is 6.59. The van der Waals surface area contributed by atoms with Gasteiger partial charge in [-0.2, -0.15) is 0 Å². The first-order valence-electron chi connectivity index (χ1n) is 12.2. The van der Waals surface area contributed by atoms with Crippen molar-refractivity contribution in [1.82, 2.24) is 0 Å². The molecule has 4 aromatic carbocycles. The van der Waals surface area contributed by atoms with E-state index in [1.54, 1.807) is 43.3 Å². The van der Waals surface area contributed by atoms with E-state index in [4.69, 9.17) is 9.47 Å². The minimum atomic E-state index is -0.643. The molecule has 0 aliphatic heterocycles. The van der Waals surface area contributed by atoms with Gasteiger partial charge in [0.1, 0.15) is 22.3 Å². The summed E-state index contributed by atoms with van der Waals surface area (Å²) in [6.45, 7) is 1.70. The summed E-state index contributed by atoms with van der Waals surface area (Å²) in [6.07, 6.45) is 0. The summed E-state index contributed by atoms with van der Waals surface area (Å²) in [5.74, 6) is 0.0678. The third-order valence-electron chi connectivity index (χ3n) is 6.02. The molecule has 0 spiro atoms. The Labute approximate surface area is 235 Å². The van der Waals surface area contributed by atoms with Gasteiger partial charge >= 0.3 is 0 Å². The molecule has 9 nitrogen and oxygen atoms in total. The molecule has 4 aromatic rings. The molecule has 0 bridgehead atoms. The maximum Gasteiger partial charge on any atom is 0.269 e. The van der Waals surface area contributed by atoms with Crippen LogP contribution in [0, 0.1) is 17.0 Å². The second-order valence-corrected chi connectivity index (χ2v) is 9.85. The van der Waals surface area contributed by atoms with Crippen LogP contribution in [-0.2, 0) is 4.79 Å². The SMILES string of the molecule is COc1cccc(OC)c1C(=O)Nc1cccc(SC(C(=O)Nc2ccc([N+](=O)[O-])cc2C)c2ccccc2)c1. The Bertz CT molecular complexity index is 1520. The van der Waals surface area contributed by atoms with Crippen LogP contribution in [0.25, 0.3) is 0 Å². The van der Waals surface area contributed by atoms with Crippen molar-refractivity contribution in [3.05, 3.63) is 118 Å². The predicted molar refractivity (Wildman–Crippen MR) is 155 cm³/mol. The highest BCUT2D eigenvalue weighted by Gasteiger charge is 2.24. The molecular formula is C30H27N3O6S. The number of carbonyl (C=O) groups is 2. The van der Waals surface area contributed by atoms with Crippen LogP contribution in [0.15, 0.2) is 95.9 Å². The van der Waals surface area contributed by atoms with E-state index in [-0.39, 0.29) is 17.2 Å². The topological polar surface area (TPSA) is 120 Å². The lowest BCUT2D eigenvalue weighted by atomic mass is 10.1. The third-order valence-corrected chi connectivity index (χ3v) is 7.27. The number of hydrogen-bond acceptors (Lipinski definition) is 7. The van der Waals surface area contributed by atoms with Crippen LogP contribution < -0.4 is 20.1 Å². The van der Waals surface area contributed by atoms with Crippen molar-refractivity contribution in [2.45, 2.75) is 17.1 Å². The van der Waals surface area contributed by atoms with Gasteiger partial charge in [-0.25, -0.2) is 0 Å². The van der Waals surface area contributed by atoms with E-state index in [0.717, 1.165) is 10.5 Å². The number of aryl methyl sites for hydroxylation is 1. The van der Waals surface area contributed by atoms with Crippen molar-refractivity contribution < 1.29 is 24.0 Å². The number of nitrogens with zero attached hydrogens (tertiary/aromatic N) is 1. The van der Waals surface area contributed by atoms with Gasteiger partial charge in [-0.3, -0.25) is 19.7 Å². The lowest BCUT2D eigenvalue weighted by Crippen LogP contribution is -2.19. The summed E-state index contributed by atoms with van der Waals surface area (Å²) < 4.78 is 10.7. The molecule has 0 saturated heterocycles. The number of rotatable bonds is 10. The van der Waals surface area contributed by atoms with E-state index >= 15 is 0 Å². The van der Waals surface area contributed by atoms with E-state index < -0.39 is 16.1 Å². The highest BCUT2D eigenvalue weighted by atomic mass is 32.2. The molecular weight excluding hydrogens is 530 g/mol. The van der Waals surface area contributed by atoms with Crippen LogP contribution in [0.2, 0.25) is 0 Å². The smallest absolute Gasteiger partial charge is 0.269 e. The Hall–Kier alpha value is -4.83. The Morgan fingerprint density at radius 1 is 0.850 bits per heavy atom. The van der Waals surface area contributed by atoms with Gasteiger partial charge in [0, 0.05) is 28.4 Å². The van der Waals surface area contributed by atoms with E-state index in [2.05, 4.69) is 10.6 Å². The van der Waals surface area contributed by atoms with E-state index in [9.17, 15) is 19.7 Å². The van der Waals surface area contributed by atoms with Crippen LogP contribution in [-0.4, -0.2) is 31.0 Å². The number of amides is 2. The van der Waals surface area contributed by atoms with E-state index in [1.165, 1.54) is 44.2 Å². The zero-order valence-electron chi connectivity index (χ0n) is 22.0. The molecule has 2 N–H and O–H groups in total. The average molecular weight is 558 g/mol. The normalized spacial score (nSPS) is 11.3. The fourth-order valence-electron chi connectivity index (χ4n) is 4.05. The number of anilines is 2. The van der Waals surface area contributed by atoms with Crippen molar-refractivity contribution >= 4 is 40.6 Å². The molecule has 0 heterocycles. The second-order valence-electron chi connectivity index (χ2n) is 8.67. The first kappa shape index (κ1) is 28.2. The number of benzene rings is 4. The summed E-state index contributed by atoms with van der Waals surface area (Å²) in [6, 6.07) is 25.9. The number of ether oxygens (including phenoxy) is 2. The lowest BCUT2D eigenvalue weighted by Gasteiger charge is -2.18. The fraction of sp³-hybridized carbons (Fsp3) is 0.133. The first-order valence-corrected chi connectivity index (χ1v) is 13.1. The minimum absolute atomic E-state index is 0.0471. The van der Waals surface area contributed by atoms with Gasteiger partial charge in [-0.1, -0.05) is 42.5 Å². The van der Waals surface area contributed by atoms with E-state index in [1.807, 2.05) is 36.4 Å². The van der Waals surface area contributed by atoms with Gasteiger partial charge in [-0.05, 0) is 54.4 Å². The molecule has 0 aliphatic carbocycles. The molecule has 2 amide bonds. The monoisotopic (exact) mass is 557 g/mol. The molecule has 0 fully saturated rings. The number of nitrogens with one attached hydrogen (secondary N) is 2. The highest BCUT2D eigenvalue weighted by Crippen LogP contribution is 2.38. The fourth-order valence-corrected chi connectivity index (χ4v) is 5.14. The number of hydrogen-bond donors (Lipinski definition) is 2. The Morgan fingerprint density at radius 3 is 2.15 bits per heavy atom. The summed E-state index contributed by atoms with van der Waals surface area (Å²) in [7, 11) is 2.96. The van der Waals surface area contributed by atoms with Crippen LogP contribution in [0.5, 0.6) is 11.5 Å². The van der Waals surface area contributed by atoms with Crippen LogP contribution >= 0.6 is 11.8 Å². The molecule has 1 atom stereocenters. The Balaban J connectivity index is 1.58. The Morgan fingerprint density at radius 2 is 1.52 bits per heavy atom. The van der Waals surface area contributed by atoms with Crippen molar-refractivity contribution in [2.24, 2.45) is 0 Å². The van der Waals surface area contributed by atoms with Gasteiger partial charge in [0.05, 0.1) is 19.1 Å². The largest absolute Gasteiger partial charge is 0.496 e. The average Bonchev–Trinajstić information content (AvgIpc) is 2.96. The lowest BCUT2D eigenvalue weighted by molar-refractivity contribution is -0.384. The zero-order valence-corrected chi connectivity index (χ0v) is 22.9. The van der Waals surface area contributed by atoms with Crippen LogP contribution in [0.1, 0.15) is 26.7 Å². The molecule has 0 saturated carbocycles. The zero-order chi connectivity index (χ0) is 28.6. The standard InChI is InChI=1S/C30H27N3O6S/c1-19-17-22(33(36)37)15-16-24(19)32-30(35)28(20-9-5-4-6-10-20)40-23-12-7-11-21(18-23)31-29(34)27-25(38-2)13-8-14-26(27)39-3/h4-18,28H,1-3H3,(H,31,34)(H,32,35). The van der Waals surface area contributed by atoms with Gasteiger partial charge in [-0.15, -0.1) is 11.8 Å². The van der Waals surface area contributed by atoms with Crippen molar-refractivity contribution in [3.63, 3.8) is 0 Å². The van der Waals surface area contributed by atoms with Gasteiger partial charge in [0.15, 0.2) is 0 Å². The van der Waals surface area contributed by atoms with Crippen molar-refractivity contribution in [1.29, 1.82) is 0 Å². The molecule has 0 radical (unpaired) electrons.